The lowest BCUT2D eigenvalue weighted by atomic mass is 9.76. The van der Waals surface area contributed by atoms with E-state index in [1.165, 1.54) is 0 Å². The van der Waals surface area contributed by atoms with Crippen LogP contribution in [0.2, 0.25) is 0 Å². The lowest BCUT2D eigenvalue weighted by molar-refractivity contribution is -0.123. The van der Waals surface area contributed by atoms with Gasteiger partial charge in [0, 0.05) is 12.0 Å². The minimum atomic E-state index is -0.345. The number of rotatable bonds is 8. The number of para-hydroxylation sites is 2. The summed E-state index contributed by atoms with van der Waals surface area (Å²) in [4.78, 5) is 12.4. The molecule has 0 aliphatic carbocycles. The van der Waals surface area contributed by atoms with E-state index in [9.17, 15) is 4.79 Å². The van der Waals surface area contributed by atoms with Gasteiger partial charge in [-0.3, -0.25) is 4.79 Å². The van der Waals surface area contributed by atoms with Crippen molar-refractivity contribution in [3.05, 3.63) is 96.1 Å². The summed E-state index contributed by atoms with van der Waals surface area (Å²) in [7, 11) is 1.58. The molecule has 0 unspecified atom stereocenters. The fourth-order valence-electron chi connectivity index (χ4n) is 3.19. The molecule has 0 aliphatic rings. The van der Waals surface area contributed by atoms with E-state index in [1.807, 2.05) is 48.5 Å². The number of benzene rings is 3. The average Bonchev–Trinajstić information content (AvgIpc) is 2.77. The summed E-state index contributed by atoms with van der Waals surface area (Å²) in [6.45, 7) is 2.54. The highest BCUT2D eigenvalue weighted by molar-refractivity contribution is 5.77. The Morgan fingerprint density at radius 2 is 1.32 bits per heavy atom. The first kappa shape index (κ1) is 19.5. The van der Waals surface area contributed by atoms with E-state index < -0.39 is 0 Å². The quantitative estimate of drug-likeness (QED) is 0.642. The van der Waals surface area contributed by atoms with Crippen molar-refractivity contribution in [3.63, 3.8) is 0 Å². The molecule has 4 nitrogen and oxygen atoms in total. The molecule has 0 radical (unpaired) electrons. The Morgan fingerprint density at radius 3 is 1.86 bits per heavy atom. The van der Waals surface area contributed by atoms with Crippen LogP contribution in [0.1, 0.15) is 18.1 Å². The molecule has 0 saturated carbocycles. The van der Waals surface area contributed by atoms with Crippen LogP contribution >= 0.6 is 0 Å². The highest BCUT2D eigenvalue weighted by Gasteiger charge is 2.29. The fourth-order valence-corrected chi connectivity index (χ4v) is 3.19. The van der Waals surface area contributed by atoms with Crippen LogP contribution in [-0.2, 0) is 10.2 Å². The summed E-state index contributed by atoms with van der Waals surface area (Å²) in [6, 6.07) is 27.7. The van der Waals surface area contributed by atoms with Crippen molar-refractivity contribution in [3.8, 4) is 11.5 Å². The van der Waals surface area contributed by atoms with Crippen molar-refractivity contribution in [2.75, 3.05) is 20.3 Å². The molecule has 4 heteroatoms. The number of carbonyl (C=O) groups excluding carboxylic acids is 1. The summed E-state index contributed by atoms with van der Waals surface area (Å²) in [5.74, 6) is 0.978. The zero-order valence-corrected chi connectivity index (χ0v) is 16.2. The lowest BCUT2D eigenvalue weighted by Crippen LogP contribution is -2.41. The molecule has 0 aliphatic heterocycles. The van der Waals surface area contributed by atoms with Gasteiger partial charge in [0.15, 0.2) is 18.1 Å². The van der Waals surface area contributed by atoms with Crippen molar-refractivity contribution in [1.29, 1.82) is 0 Å². The number of carbonyl (C=O) groups is 1. The Kier molecular flexibility index (Phi) is 6.33. The van der Waals surface area contributed by atoms with Crippen LogP contribution in [0.25, 0.3) is 0 Å². The summed E-state index contributed by atoms with van der Waals surface area (Å²) in [5.41, 5.74) is 1.95. The monoisotopic (exact) mass is 375 g/mol. The van der Waals surface area contributed by atoms with Gasteiger partial charge in [0.25, 0.3) is 5.91 Å². The molecule has 0 spiro atoms. The van der Waals surface area contributed by atoms with Crippen LogP contribution in [0.15, 0.2) is 84.9 Å². The van der Waals surface area contributed by atoms with E-state index in [-0.39, 0.29) is 17.9 Å². The molecule has 3 rings (SSSR count). The Morgan fingerprint density at radius 1 is 0.821 bits per heavy atom. The molecule has 0 saturated heterocycles. The van der Waals surface area contributed by atoms with Crippen molar-refractivity contribution in [2.45, 2.75) is 12.3 Å². The normalized spacial score (nSPS) is 10.9. The second-order valence-electron chi connectivity index (χ2n) is 6.78. The Hall–Kier alpha value is -3.27. The number of amides is 1. The Labute approximate surface area is 166 Å². The first-order valence-electron chi connectivity index (χ1n) is 9.27. The SMILES string of the molecule is COc1ccccc1OCC(=O)NCC(C)(c1ccccc1)c1ccccc1. The fraction of sp³-hybridized carbons (Fsp3) is 0.208. The van der Waals surface area contributed by atoms with E-state index in [4.69, 9.17) is 9.47 Å². The van der Waals surface area contributed by atoms with Crippen LogP contribution in [-0.4, -0.2) is 26.2 Å². The molecule has 144 valence electrons. The predicted octanol–water partition coefficient (Wildman–Crippen LogP) is 4.20. The third-order valence-electron chi connectivity index (χ3n) is 4.89. The van der Waals surface area contributed by atoms with Crippen molar-refractivity contribution in [1.82, 2.24) is 5.32 Å². The molecule has 3 aromatic carbocycles. The molecule has 0 aromatic heterocycles. The first-order valence-corrected chi connectivity index (χ1v) is 9.27. The zero-order valence-electron chi connectivity index (χ0n) is 16.2. The second kappa shape index (κ2) is 9.09. The molecule has 0 atom stereocenters. The van der Waals surface area contributed by atoms with Gasteiger partial charge >= 0.3 is 0 Å². The summed E-state index contributed by atoms with van der Waals surface area (Å²) >= 11 is 0. The van der Waals surface area contributed by atoms with Gasteiger partial charge in [-0.05, 0) is 30.2 Å². The smallest absolute Gasteiger partial charge is 0.257 e. The lowest BCUT2D eigenvalue weighted by Gasteiger charge is -2.31. The second-order valence-corrected chi connectivity index (χ2v) is 6.78. The largest absolute Gasteiger partial charge is 0.493 e. The maximum atomic E-state index is 12.4. The van der Waals surface area contributed by atoms with Crippen LogP contribution in [0, 0.1) is 0 Å². The van der Waals surface area contributed by atoms with Gasteiger partial charge in [0.1, 0.15) is 0 Å². The van der Waals surface area contributed by atoms with Gasteiger partial charge in [0.2, 0.25) is 0 Å². The Bertz CT molecular complexity index is 854. The molecular weight excluding hydrogens is 350 g/mol. The van der Waals surface area contributed by atoms with Gasteiger partial charge in [0.05, 0.1) is 7.11 Å². The Balaban J connectivity index is 1.69. The number of nitrogens with one attached hydrogen (secondary N) is 1. The average molecular weight is 375 g/mol. The maximum Gasteiger partial charge on any atom is 0.257 e. The number of ether oxygens (including phenoxy) is 2. The third kappa shape index (κ3) is 4.52. The number of hydrogen-bond donors (Lipinski definition) is 1. The standard InChI is InChI=1S/C24H25NO3/c1-24(19-11-5-3-6-12-19,20-13-7-4-8-14-20)18-25-23(26)17-28-22-16-10-9-15-21(22)27-2/h3-16H,17-18H2,1-2H3,(H,25,26). The van der Waals surface area contributed by atoms with Gasteiger partial charge in [-0.15, -0.1) is 0 Å². The topological polar surface area (TPSA) is 47.6 Å². The third-order valence-corrected chi connectivity index (χ3v) is 4.89. The molecular formula is C24H25NO3. The molecule has 1 amide bonds. The van der Waals surface area contributed by atoms with E-state index in [2.05, 4.69) is 36.5 Å². The van der Waals surface area contributed by atoms with Gasteiger partial charge in [-0.2, -0.15) is 0 Å². The van der Waals surface area contributed by atoms with E-state index in [1.54, 1.807) is 19.2 Å². The van der Waals surface area contributed by atoms with E-state index in [0.717, 1.165) is 11.1 Å². The van der Waals surface area contributed by atoms with Crippen LogP contribution in [0.3, 0.4) is 0 Å². The summed E-state index contributed by atoms with van der Waals surface area (Å²) in [5, 5.41) is 3.02. The zero-order chi connectivity index (χ0) is 19.8. The van der Waals surface area contributed by atoms with Crippen molar-refractivity contribution >= 4 is 5.91 Å². The number of methoxy groups -OCH3 is 1. The van der Waals surface area contributed by atoms with E-state index in [0.29, 0.717) is 18.0 Å². The van der Waals surface area contributed by atoms with Gasteiger partial charge in [-0.1, -0.05) is 72.8 Å². The van der Waals surface area contributed by atoms with E-state index >= 15 is 0 Å². The van der Waals surface area contributed by atoms with Gasteiger partial charge in [-0.25, -0.2) is 0 Å². The molecule has 1 N–H and O–H groups in total. The van der Waals surface area contributed by atoms with Crippen LogP contribution in [0.4, 0.5) is 0 Å². The molecule has 0 heterocycles. The first-order chi connectivity index (χ1) is 13.6. The van der Waals surface area contributed by atoms with Crippen LogP contribution in [0.5, 0.6) is 11.5 Å². The van der Waals surface area contributed by atoms with Crippen LogP contribution < -0.4 is 14.8 Å². The van der Waals surface area contributed by atoms with Crippen molar-refractivity contribution in [2.24, 2.45) is 0 Å². The predicted molar refractivity (Wildman–Crippen MR) is 111 cm³/mol. The summed E-state index contributed by atoms with van der Waals surface area (Å²) in [6.07, 6.45) is 0. The number of hydrogen-bond acceptors (Lipinski definition) is 3. The highest BCUT2D eigenvalue weighted by atomic mass is 16.5. The summed E-state index contributed by atoms with van der Waals surface area (Å²) < 4.78 is 10.9. The molecule has 0 bridgehead atoms. The maximum absolute atomic E-state index is 12.4. The molecule has 0 fully saturated rings. The molecule has 3 aromatic rings. The minimum absolute atomic E-state index is 0.0694. The van der Waals surface area contributed by atoms with Gasteiger partial charge < -0.3 is 14.8 Å². The van der Waals surface area contributed by atoms with Crippen molar-refractivity contribution < 1.29 is 14.3 Å². The highest BCUT2D eigenvalue weighted by Crippen LogP contribution is 2.31. The molecule has 28 heavy (non-hydrogen) atoms. The minimum Gasteiger partial charge on any atom is -0.493 e.